The van der Waals surface area contributed by atoms with Crippen LogP contribution in [0.2, 0.25) is 0 Å². The third-order valence-corrected chi connectivity index (χ3v) is 10.8. The molecule has 0 heterocycles. The Kier molecular flexibility index (Phi) is 43.0. The monoisotopic (exact) mass is 733 g/mol. The molecule has 1 unspecified atom stereocenters. The highest BCUT2D eigenvalue weighted by Crippen LogP contribution is 2.20. The summed E-state index contributed by atoms with van der Waals surface area (Å²) >= 11 is 0. The lowest BCUT2D eigenvalue weighted by molar-refractivity contribution is -0.155. The predicted octanol–water partition coefficient (Wildman–Crippen LogP) is 16.1. The number of ether oxygens (including phenoxy) is 2. The Morgan fingerprint density at radius 3 is 1.12 bits per heavy atom. The Balaban J connectivity index is 4.18. The first kappa shape index (κ1) is 50.7. The molecule has 0 saturated heterocycles. The molecular weight excluding hydrogens is 641 g/mol. The number of rotatable bonds is 43. The molecule has 0 N–H and O–H groups in total. The van der Waals surface area contributed by atoms with Crippen molar-refractivity contribution in [1.29, 1.82) is 0 Å². The maximum absolute atomic E-state index is 13.1. The van der Waals surface area contributed by atoms with Crippen LogP contribution in [0.25, 0.3) is 0 Å². The van der Waals surface area contributed by atoms with E-state index in [9.17, 15) is 9.59 Å². The maximum atomic E-state index is 13.1. The fraction of sp³-hybridized carbons (Fsp3) is 0.917. The minimum atomic E-state index is -0.361. The predicted molar refractivity (Wildman–Crippen MR) is 227 cm³/mol. The lowest BCUT2D eigenvalue weighted by Gasteiger charge is -2.16. The van der Waals surface area contributed by atoms with E-state index in [1.807, 2.05) is 0 Å². The van der Waals surface area contributed by atoms with E-state index in [0.29, 0.717) is 13.2 Å². The molecule has 0 saturated carbocycles. The molecule has 0 radical (unpaired) electrons. The van der Waals surface area contributed by atoms with E-state index in [2.05, 4.69) is 32.9 Å². The molecule has 4 nitrogen and oxygen atoms in total. The van der Waals surface area contributed by atoms with Crippen LogP contribution in [0.5, 0.6) is 0 Å². The van der Waals surface area contributed by atoms with Crippen molar-refractivity contribution in [3.8, 4) is 0 Å². The topological polar surface area (TPSA) is 52.6 Å². The third kappa shape index (κ3) is 39.9. The molecule has 0 fully saturated rings. The van der Waals surface area contributed by atoms with Crippen LogP contribution in [0.4, 0.5) is 0 Å². The van der Waals surface area contributed by atoms with Crippen LogP contribution in [-0.4, -0.2) is 25.2 Å². The smallest absolute Gasteiger partial charge is 0.309 e. The largest absolute Gasteiger partial charge is 0.466 e. The molecule has 0 aliphatic heterocycles. The molecule has 0 rings (SSSR count). The van der Waals surface area contributed by atoms with Crippen LogP contribution in [0.1, 0.15) is 265 Å². The Bertz CT molecular complexity index is 747. The van der Waals surface area contributed by atoms with Gasteiger partial charge in [-0.1, -0.05) is 226 Å². The second-order valence-corrected chi connectivity index (χ2v) is 16.1. The Morgan fingerprint density at radius 2 is 0.692 bits per heavy atom. The highest BCUT2D eigenvalue weighted by Gasteiger charge is 2.24. The van der Waals surface area contributed by atoms with Crippen molar-refractivity contribution in [2.24, 2.45) is 5.92 Å². The highest BCUT2D eigenvalue weighted by atomic mass is 16.5. The molecule has 0 amide bonds. The summed E-state index contributed by atoms with van der Waals surface area (Å²) in [6.07, 6.45) is 51.5. The molecule has 0 bridgehead atoms. The summed E-state index contributed by atoms with van der Waals surface area (Å²) in [7, 11) is 0. The molecule has 308 valence electrons. The standard InChI is InChI=1S/C48H92O4/c1-4-7-10-13-16-19-22-23-24-25-26-27-28-29-30-33-36-39-42-46(48(50)52-44-41-38-35-32-21-18-15-12-9-6-3)45-47(49)51-43-40-37-34-31-20-17-14-11-8-5-2/h16,19,46H,4-15,17-18,20-45H2,1-3H3/b19-16+. The number of hydrogen-bond donors (Lipinski definition) is 0. The average Bonchev–Trinajstić information content (AvgIpc) is 3.14. The summed E-state index contributed by atoms with van der Waals surface area (Å²) in [5, 5.41) is 0. The fourth-order valence-electron chi connectivity index (χ4n) is 7.21. The zero-order chi connectivity index (χ0) is 37.8. The summed E-state index contributed by atoms with van der Waals surface area (Å²) < 4.78 is 11.3. The number of allylic oxidation sites excluding steroid dienone is 2. The minimum absolute atomic E-state index is 0.171. The van der Waals surface area contributed by atoms with Gasteiger partial charge in [0.25, 0.3) is 0 Å². The first-order valence-electron chi connectivity index (χ1n) is 23.6. The number of hydrogen-bond acceptors (Lipinski definition) is 4. The SMILES string of the molecule is CCCCC/C=C/CCCCCCCCCCCCCC(CC(=O)OCCCCCCCCCCCC)C(=O)OCCCCCCCCCCCC. The van der Waals surface area contributed by atoms with E-state index in [-0.39, 0.29) is 24.3 Å². The molecular formula is C48H92O4. The van der Waals surface area contributed by atoms with E-state index >= 15 is 0 Å². The van der Waals surface area contributed by atoms with Crippen molar-refractivity contribution >= 4 is 11.9 Å². The van der Waals surface area contributed by atoms with Gasteiger partial charge in [0.2, 0.25) is 0 Å². The van der Waals surface area contributed by atoms with Gasteiger partial charge in [0.1, 0.15) is 0 Å². The molecule has 0 aromatic heterocycles. The molecule has 52 heavy (non-hydrogen) atoms. The Labute approximate surface area is 326 Å². The molecule has 0 aliphatic carbocycles. The van der Waals surface area contributed by atoms with Crippen LogP contribution in [0, 0.1) is 5.92 Å². The average molecular weight is 733 g/mol. The van der Waals surface area contributed by atoms with Crippen molar-refractivity contribution in [3.05, 3.63) is 12.2 Å². The first-order valence-corrected chi connectivity index (χ1v) is 23.6. The first-order chi connectivity index (χ1) is 25.7. The summed E-state index contributed by atoms with van der Waals surface area (Å²) in [6, 6.07) is 0. The van der Waals surface area contributed by atoms with Gasteiger partial charge < -0.3 is 9.47 Å². The Morgan fingerprint density at radius 1 is 0.385 bits per heavy atom. The van der Waals surface area contributed by atoms with Gasteiger partial charge >= 0.3 is 11.9 Å². The number of carbonyl (C=O) groups excluding carboxylic acids is 2. The summed E-state index contributed by atoms with van der Waals surface area (Å²) in [5.41, 5.74) is 0. The summed E-state index contributed by atoms with van der Waals surface area (Å²) in [6.45, 7) is 7.76. The molecule has 0 aromatic carbocycles. The lowest BCUT2D eigenvalue weighted by atomic mass is 9.97. The van der Waals surface area contributed by atoms with Crippen LogP contribution in [0.3, 0.4) is 0 Å². The number of esters is 2. The summed E-state index contributed by atoms with van der Waals surface area (Å²) in [5.74, 6) is -0.773. The zero-order valence-electron chi connectivity index (χ0n) is 35.6. The molecule has 0 aromatic rings. The van der Waals surface area contributed by atoms with E-state index in [4.69, 9.17) is 9.47 Å². The summed E-state index contributed by atoms with van der Waals surface area (Å²) in [4.78, 5) is 25.8. The van der Waals surface area contributed by atoms with Gasteiger partial charge in [0, 0.05) is 0 Å². The van der Waals surface area contributed by atoms with E-state index in [1.165, 1.54) is 193 Å². The van der Waals surface area contributed by atoms with Crippen molar-refractivity contribution in [3.63, 3.8) is 0 Å². The minimum Gasteiger partial charge on any atom is -0.466 e. The van der Waals surface area contributed by atoms with Gasteiger partial charge in [-0.2, -0.15) is 0 Å². The van der Waals surface area contributed by atoms with Crippen molar-refractivity contribution in [2.75, 3.05) is 13.2 Å². The van der Waals surface area contributed by atoms with Crippen LogP contribution in [0.15, 0.2) is 12.2 Å². The van der Waals surface area contributed by atoms with Crippen molar-refractivity contribution in [2.45, 2.75) is 265 Å². The van der Waals surface area contributed by atoms with Gasteiger partial charge in [0.15, 0.2) is 0 Å². The maximum Gasteiger partial charge on any atom is 0.309 e. The number of carbonyl (C=O) groups is 2. The van der Waals surface area contributed by atoms with Gasteiger partial charge in [-0.3, -0.25) is 9.59 Å². The van der Waals surface area contributed by atoms with Crippen LogP contribution < -0.4 is 0 Å². The van der Waals surface area contributed by atoms with E-state index < -0.39 is 0 Å². The lowest BCUT2D eigenvalue weighted by Crippen LogP contribution is -2.23. The van der Waals surface area contributed by atoms with Crippen LogP contribution in [-0.2, 0) is 19.1 Å². The highest BCUT2D eigenvalue weighted by molar-refractivity contribution is 5.79. The van der Waals surface area contributed by atoms with Crippen molar-refractivity contribution < 1.29 is 19.1 Å². The second-order valence-electron chi connectivity index (χ2n) is 16.1. The van der Waals surface area contributed by atoms with Gasteiger partial charge in [-0.15, -0.1) is 0 Å². The third-order valence-electron chi connectivity index (χ3n) is 10.8. The number of unbranched alkanes of at least 4 members (excludes halogenated alkanes) is 32. The fourth-order valence-corrected chi connectivity index (χ4v) is 7.21. The normalized spacial score (nSPS) is 12.1. The van der Waals surface area contributed by atoms with Crippen molar-refractivity contribution in [1.82, 2.24) is 0 Å². The second kappa shape index (κ2) is 44.1. The zero-order valence-corrected chi connectivity index (χ0v) is 35.6. The van der Waals surface area contributed by atoms with Crippen LogP contribution >= 0.6 is 0 Å². The molecule has 0 aliphatic rings. The van der Waals surface area contributed by atoms with Gasteiger partial charge in [0.05, 0.1) is 25.6 Å². The van der Waals surface area contributed by atoms with E-state index in [1.54, 1.807) is 0 Å². The Hall–Kier alpha value is -1.32. The molecule has 0 spiro atoms. The van der Waals surface area contributed by atoms with Gasteiger partial charge in [-0.05, 0) is 44.9 Å². The van der Waals surface area contributed by atoms with E-state index in [0.717, 1.165) is 44.9 Å². The quantitative estimate of drug-likeness (QED) is 0.0356. The molecule has 1 atom stereocenters. The van der Waals surface area contributed by atoms with Gasteiger partial charge in [-0.25, -0.2) is 0 Å². The molecule has 4 heteroatoms.